The second-order valence-electron chi connectivity index (χ2n) is 10.5. The first kappa shape index (κ1) is 22.9. The molecule has 0 radical (unpaired) electrons. The summed E-state index contributed by atoms with van der Waals surface area (Å²) in [5.41, 5.74) is 7.37. The normalized spacial score (nSPS) is 11.9. The van der Waals surface area contributed by atoms with Gasteiger partial charge in [0.15, 0.2) is 0 Å². The van der Waals surface area contributed by atoms with E-state index in [4.69, 9.17) is 4.98 Å². The zero-order valence-corrected chi connectivity index (χ0v) is 23.0. The molecule has 1 nitrogen and oxygen atoms in total. The van der Waals surface area contributed by atoms with Crippen molar-refractivity contribution >= 4 is 45.5 Å². The average Bonchev–Trinajstić information content (AvgIpc) is 3.24. The Morgan fingerprint density at radius 3 is 2.08 bits per heavy atom. The minimum Gasteiger partial charge on any atom is -0.256 e. The van der Waals surface area contributed by atoms with Gasteiger partial charge >= 0.3 is 0 Å². The first-order valence-corrected chi connectivity index (χ1v) is 16.8. The van der Waals surface area contributed by atoms with Gasteiger partial charge in [0.05, 0.1) is 13.8 Å². The van der Waals surface area contributed by atoms with Crippen LogP contribution in [-0.2, 0) is 0 Å². The van der Waals surface area contributed by atoms with Crippen LogP contribution in [-0.4, -0.2) is 13.1 Å². The fraction of sp³-hybridized carbons (Fsp3) is 0.121. The number of pyridine rings is 1. The molecule has 36 heavy (non-hydrogen) atoms. The van der Waals surface area contributed by atoms with Crippen LogP contribution in [0.25, 0.3) is 53.7 Å². The van der Waals surface area contributed by atoms with Gasteiger partial charge in [-0.2, -0.15) is 0 Å². The lowest BCUT2D eigenvalue weighted by Gasteiger charge is -2.18. The third kappa shape index (κ3) is 3.99. The molecule has 0 spiro atoms. The Labute approximate surface area is 218 Å². The molecule has 6 rings (SSSR count). The van der Waals surface area contributed by atoms with Crippen LogP contribution in [0.3, 0.4) is 0 Å². The summed E-state index contributed by atoms with van der Waals surface area (Å²) in [6, 6.07) is 35.4. The number of rotatable bonds is 4. The van der Waals surface area contributed by atoms with E-state index in [-0.39, 0.29) is 0 Å². The van der Waals surface area contributed by atoms with E-state index < -0.39 is 8.07 Å². The highest BCUT2D eigenvalue weighted by molar-refractivity contribution is 7.22. The molecule has 2 heterocycles. The molecule has 3 heteroatoms. The van der Waals surface area contributed by atoms with Crippen molar-refractivity contribution in [1.29, 1.82) is 0 Å². The highest BCUT2D eigenvalue weighted by Crippen LogP contribution is 2.45. The molecule has 0 aliphatic rings. The summed E-state index contributed by atoms with van der Waals surface area (Å²) in [6.07, 6.45) is 1.97. The van der Waals surface area contributed by atoms with E-state index in [1.165, 1.54) is 58.7 Å². The number of fused-ring (bicyclic) bond motifs is 2. The van der Waals surface area contributed by atoms with Crippen LogP contribution < -0.4 is 5.19 Å². The Kier molecular flexibility index (Phi) is 5.63. The SMILES string of the molecule is Cc1c(-c2ccccc2)sc2cc(-c3nccc4cc([Si](C)(C)C)ccc34)cc(-c3ccccc3)c12. The molecule has 176 valence electrons. The maximum Gasteiger partial charge on any atom is 0.0780 e. The number of thiophene rings is 1. The molecule has 6 aromatic rings. The first-order valence-electron chi connectivity index (χ1n) is 12.5. The van der Waals surface area contributed by atoms with E-state index >= 15 is 0 Å². The van der Waals surface area contributed by atoms with Gasteiger partial charge in [-0.25, -0.2) is 0 Å². The summed E-state index contributed by atoms with van der Waals surface area (Å²) in [5, 5.41) is 5.31. The monoisotopic (exact) mass is 499 g/mol. The Morgan fingerprint density at radius 2 is 1.39 bits per heavy atom. The summed E-state index contributed by atoms with van der Waals surface area (Å²) in [4.78, 5) is 6.25. The Hall–Kier alpha value is -3.53. The van der Waals surface area contributed by atoms with Crippen LogP contribution in [0.15, 0.2) is 103 Å². The van der Waals surface area contributed by atoms with Crippen molar-refractivity contribution in [3.63, 3.8) is 0 Å². The lowest BCUT2D eigenvalue weighted by molar-refractivity contribution is 1.36. The zero-order chi connectivity index (χ0) is 24.9. The van der Waals surface area contributed by atoms with E-state index in [1.807, 2.05) is 17.5 Å². The zero-order valence-electron chi connectivity index (χ0n) is 21.2. The number of hydrogen-bond acceptors (Lipinski definition) is 2. The molecular weight excluding hydrogens is 471 g/mol. The van der Waals surface area contributed by atoms with Crippen LogP contribution in [0.2, 0.25) is 19.6 Å². The molecule has 0 N–H and O–H groups in total. The molecule has 0 amide bonds. The largest absolute Gasteiger partial charge is 0.256 e. The van der Waals surface area contributed by atoms with E-state index in [0.717, 1.165) is 5.69 Å². The Bertz CT molecular complexity index is 1710. The number of nitrogens with zero attached hydrogens (tertiary/aromatic N) is 1. The summed E-state index contributed by atoms with van der Waals surface area (Å²) < 4.78 is 1.31. The van der Waals surface area contributed by atoms with Crippen LogP contribution in [0, 0.1) is 6.92 Å². The van der Waals surface area contributed by atoms with Crippen LogP contribution >= 0.6 is 11.3 Å². The molecule has 0 saturated carbocycles. The van der Waals surface area contributed by atoms with Crippen LogP contribution in [0.5, 0.6) is 0 Å². The minimum atomic E-state index is -1.39. The molecule has 0 aliphatic carbocycles. The summed E-state index contributed by atoms with van der Waals surface area (Å²) in [5.74, 6) is 0. The fourth-order valence-corrected chi connectivity index (χ4v) is 7.56. The molecule has 0 fully saturated rings. The quantitative estimate of drug-likeness (QED) is 0.220. The molecule has 4 aromatic carbocycles. The van der Waals surface area contributed by atoms with Crippen molar-refractivity contribution < 1.29 is 0 Å². The minimum absolute atomic E-state index is 1.06. The first-order chi connectivity index (χ1) is 17.4. The van der Waals surface area contributed by atoms with Crippen molar-refractivity contribution in [3.05, 3.63) is 109 Å². The second kappa shape index (κ2) is 8.84. The average molecular weight is 500 g/mol. The molecular formula is C33H29NSSi. The molecule has 2 aromatic heterocycles. The number of benzene rings is 4. The van der Waals surface area contributed by atoms with E-state index in [9.17, 15) is 0 Å². The highest BCUT2D eigenvalue weighted by atomic mass is 32.1. The second-order valence-corrected chi connectivity index (χ2v) is 16.7. The van der Waals surface area contributed by atoms with Gasteiger partial charge < -0.3 is 0 Å². The van der Waals surface area contributed by atoms with Gasteiger partial charge in [0, 0.05) is 32.1 Å². The Balaban J connectivity index is 1.63. The highest BCUT2D eigenvalue weighted by Gasteiger charge is 2.19. The summed E-state index contributed by atoms with van der Waals surface area (Å²) in [7, 11) is -1.39. The van der Waals surface area contributed by atoms with Crippen molar-refractivity contribution in [2.24, 2.45) is 0 Å². The van der Waals surface area contributed by atoms with Crippen molar-refractivity contribution in [1.82, 2.24) is 4.98 Å². The van der Waals surface area contributed by atoms with Gasteiger partial charge in [0.25, 0.3) is 0 Å². The molecule has 0 bridgehead atoms. The van der Waals surface area contributed by atoms with Crippen LogP contribution in [0.4, 0.5) is 0 Å². The van der Waals surface area contributed by atoms with E-state index in [1.54, 1.807) is 0 Å². The van der Waals surface area contributed by atoms with Gasteiger partial charge in [0.2, 0.25) is 0 Å². The van der Waals surface area contributed by atoms with Gasteiger partial charge in [-0.1, -0.05) is 104 Å². The van der Waals surface area contributed by atoms with Gasteiger partial charge in [0.1, 0.15) is 0 Å². The molecule has 0 unspecified atom stereocenters. The van der Waals surface area contributed by atoms with Gasteiger partial charge in [-0.15, -0.1) is 11.3 Å². The lowest BCUT2D eigenvalue weighted by Crippen LogP contribution is -2.37. The predicted octanol–water partition coefficient (Wildman–Crippen LogP) is 9.30. The third-order valence-electron chi connectivity index (χ3n) is 7.05. The van der Waals surface area contributed by atoms with Crippen LogP contribution in [0.1, 0.15) is 5.56 Å². The van der Waals surface area contributed by atoms with Gasteiger partial charge in [-0.3, -0.25) is 4.98 Å². The maximum absolute atomic E-state index is 4.91. The van der Waals surface area contributed by atoms with Crippen molar-refractivity contribution in [2.45, 2.75) is 26.6 Å². The number of aromatic nitrogens is 1. The van der Waals surface area contributed by atoms with E-state index in [2.05, 4.69) is 124 Å². The smallest absolute Gasteiger partial charge is 0.0780 e. The summed E-state index contributed by atoms with van der Waals surface area (Å²) in [6.45, 7) is 9.47. The number of hydrogen-bond donors (Lipinski definition) is 0. The third-order valence-corrected chi connectivity index (χ3v) is 10.4. The van der Waals surface area contributed by atoms with Crippen molar-refractivity contribution in [2.75, 3.05) is 0 Å². The molecule has 0 atom stereocenters. The standard InChI is InChI=1S/C33H29NSSi/c1-22-31-29(23-11-7-5-8-12-23)20-26(21-30(31)35-33(22)24-13-9-6-10-14-24)32-28-16-15-27(36(2,3)4)19-25(28)17-18-34-32/h5-21H,1-4H3. The summed E-state index contributed by atoms with van der Waals surface area (Å²) >= 11 is 1.88. The van der Waals surface area contributed by atoms with E-state index in [0.29, 0.717) is 0 Å². The molecule has 0 saturated heterocycles. The topological polar surface area (TPSA) is 12.9 Å². The maximum atomic E-state index is 4.91. The lowest BCUT2D eigenvalue weighted by atomic mass is 9.94. The van der Waals surface area contributed by atoms with Crippen molar-refractivity contribution in [3.8, 4) is 32.8 Å². The molecule has 0 aliphatic heterocycles. The number of aryl methyl sites for hydroxylation is 1. The predicted molar refractivity (Wildman–Crippen MR) is 161 cm³/mol. The van der Waals surface area contributed by atoms with Gasteiger partial charge in [-0.05, 0) is 52.8 Å². The fourth-order valence-electron chi connectivity index (χ4n) is 5.10. The Morgan fingerprint density at radius 1 is 0.694 bits per heavy atom.